The summed E-state index contributed by atoms with van der Waals surface area (Å²) in [7, 11) is 1.95. The van der Waals surface area contributed by atoms with Gasteiger partial charge in [-0.3, -0.25) is 0 Å². The molecule has 1 aromatic heterocycles. The van der Waals surface area contributed by atoms with Gasteiger partial charge in [-0.15, -0.1) is 0 Å². The van der Waals surface area contributed by atoms with Crippen molar-refractivity contribution in [2.45, 2.75) is 19.9 Å². The van der Waals surface area contributed by atoms with Crippen LogP contribution in [0.5, 0.6) is 0 Å². The number of hydrogen-bond acceptors (Lipinski definition) is 4. The van der Waals surface area contributed by atoms with E-state index in [2.05, 4.69) is 23.8 Å². The zero-order valence-electron chi connectivity index (χ0n) is 7.65. The highest BCUT2D eigenvalue weighted by molar-refractivity contribution is 5.37. The first-order valence-corrected chi connectivity index (χ1v) is 3.91. The maximum absolute atomic E-state index is 5.46. The summed E-state index contributed by atoms with van der Waals surface area (Å²) in [6.45, 7) is 4.17. The summed E-state index contributed by atoms with van der Waals surface area (Å²) < 4.78 is 0. The van der Waals surface area contributed by atoms with Gasteiger partial charge in [-0.05, 0) is 13.8 Å². The van der Waals surface area contributed by atoms with Gasteiger partial charge in [-0.25, -0.2) is 9.97 Å². The van der Waals surface area contributed by atoms with Crippen molar-refractivity contribution in [3.05, 3.63) is 12.4 Å². The Morgan fingerprint density at radius 3 is 2.25 bits per heavy atom. The molecule has 4 nitrogen and oxygen atoms in total. The summed E-state index contributed by atoms with van der Waals surface area (Å²) in [5.41, 5.74) is 6.05. The molecule has 0 spiro atoms. The monoisotopic (exact) mass is 166 g/mol. The Morgan fingerprint density at radius 1 is 1.33 bits per heavy atom. The van der Waals surface area contributed by atoms with Gasteiger partial charge in [0.25, 0.3) is 0 Å². The number of hydrogen-bond donors (Lipinski definition) is 1. The molecule has 2 N–H and O–H groups in total. The lowest BCUT2D eigenvalue weighted by atomic mass is 10.4. The predicted octanol–water partition coefficient (Wildman–Crippen LogP) is 0.903. The number of nitrogen functional groups attached to an aromatic ring is 1. The molecule has 0 saturated heterocycles. The molecule has 1 heterocycles. The second-order valence-corrected chi connectivity index (χ2v) is 3.02. The molecule has 0 aliphatic carbocycles. The van der Waals surface area contributed by atoms with Crippen LogP contribution in [0.25, 0.3) is 0 Å². The van der Waals surface area contributed by atoms with Crippen LogP contribution in [0.1, 0.15) is 13.8 Å². The molecule has 0 fully saturated rings. The summed E-state index contributed by atoms with van der Waals surface area (Å²) in [6, 6.07) is 0.397. The molecule has 0 bridgehead atoms. The van der Waals surface area contributed by atoms with Crippen molar-refractivity contribution >= 4 is 11.6 Å². The van der Waals surface area contributed by atoms with Gasteiger partial charge in [0.2, 0.25) is 5.95 Å². The van der Waals surface area contributed by atoms with Crippen LogP contribution in [0.2, 0.25) is 0 Å². The van der Waals surface area contributed by atoms with E-state index in [9.17, 15) is 0 Å². The highest BCUT2D eigenvalue weighted by Gasteiger charge is 2.06. The Kier molecular flexibility index (Phi) is 2.47. The minimum absolute atomic E-state index is 0.397. The van der Waals surface area contributed by atoms with Crippen LogP contribution in [0.4, 0.5) is 11.6 Å². The average Bonchev–Trinajstić information content (AvgIpc) is 2.04. The summed E-state index contributed by atoms with van der Waals surface area (Å²) in [6.07, 6.45) is 3.22. The normalized spacial score (nSPS) is 10.3. The van der Waals surface area contributed by atoms with Gasteiger partial charge in [0.1, 0.15) is 0 Å². The van der Waals surface area contributed by atoms with Crippen molar-refractivity contribution in [1.29, 1.82) is 0 Å². The largest absolute Gasteiger partial charge is 0.396 e. The lowest BCUT2D eigenvalue weighted by Crippen LogP contribution is -2.27. The third kappa shape index (κ3) is 1.84. The Hall–Kier alpha value is -1.32. The van der Waals surface area contributed by atoms with Crippen LogP contribution in [0.3, 0.4) is 0 Å². The van der Waals surface area contributed by atoms with Gasteiger partial charge in [0.15, 0.2) is 0 Å². The molecule has 0 aromatic carbocycles. The molecule has 66 valence electrons. The van der Waals surface area contributed by atoms with Crippen LogP contribution in [0.15, 0.2) is 12.4 Å². The van der Waals surface area contributed by atoms with E-state index in [4.69, 9.17) is 5.73 Å². The molecule has 0 unspecified atom stereocenters. The molecule has 0 saturated carbocycles. The van der Waals surface area contributed by atoms with Crippen LogP contribution >= 0.6 is 0 Å². The fourth-order valence-electron chi connectivity index (χ4n) is 0.744. The van der Waals surface area contributed by atoms with E-state index in [1.165, 1.54) is 0 Å². The van der Waals surface area contributed by atoms with Crippen molar-refractivity contribution in [2.24, 2.45) is 0 Å². The molecule has 12 heavy (non-hydrogen) atoms. The maximum atomic E-state index is 5.46. The van der Waals surface area contributed by atoms with Crippen LogP contribution in [-0.4, -0.2) is 23.1 Å². The average molecular weight is 166 g/mol. The van der Waals surface area contributed by atoms with Crippen molar-refractivity contribution in [3.63, 3.8) is 0 Å². The molecule has 1 aromatic rings. The lowest BCUT2D eigenvalue weighted by molar-refractivity contribution is 0.729. The number of rotatable bonds is 2. The highest BCUT2D eigenvalue weighted by Crippen LogP contribution is 2.08. The Morgan fingerprint density at radius 2 is 1.83 bits per heavy atom. The Bertz CT molecular complexity index is 242. The molecular formula is C8H14N4. The van der Waals surface area contributed by atoms with Gasteiger partial charge < -0.3 is 10.6 Å². The zero-order chi connectivity index (χ0) is 9.14. The van der Waals surface area contributed by atoms with Gasteiger partial charge in [0.05, 0.1) is 18.1 Å². The molecule has 1 rings (SSSR count). The van der Waals surface area contributed by atoms with E-state index in [1.54, 1.807) is 12.4 Å². The van der Waals surface area contributed by atoms with Gasteiger partial charge in [0, 0.05) is 13.1 Å². The quantitative estimate of drug-likeness (QED) is 0.709. The topological polar surface area (TPSA) is 55.0 Å². The third-order valence-corrected chi connectivity index (χ3v) is 1.75. The van der Waals surface area contributed by atoms with Crippen molar-refractivity contribution in [2.75, 3.05) is 17.7 Å². The van der Waals surface area contributed by atoms with Crippen LogP contribution in [0, 0.1) is 0 Å². The standard InChI is InChI=1S/C8H14N4/c1-6(2)12(3)8-10-4-7(9)5-11-8/h4-6H,9H2,1-3H3. The Balaban J connectivity index is 2.82. The molecule has 0 amide bonds. The molecular weight excluding hydrogens is 152 g/mol. The first-order chi connectivity index (χ1) is 5.61. The number of nitrogens with two attached hydrogens (primary N) is 1. The lowest BCUT2D eigenvalue weighted by Gasteiger charge is -2.20. The van der Waals surface area contributed by atoms with E-state index >= 15 is 0 Å². The zero-order valence-corrected chi connectivity index (χ0v) is 7.65. The summed E-state index contributed by atoms with van der Waals surface area (Å²) in [4.78, 5) is 10.2. The second-order valence-electron chi connectivity index (χ2n) is 3.02. The number of aromatic nitrogens is 2. The molecule has 0 aliphatic rings. The minimum atomic E-state index is 0.397. The molecule has 0 radical (unpaired) electrons. The first-order valence-electron chi connectivity index (χ1n) is 3.91. The van der Waals surface area contributed by atoms with Gasteiger partial charge in [-0.1, -0.05) is 0 Å². The third-order valence-electron chi connectivity index (χ3n) is 1.75. The predicted molar refractivity (Wildman–Crippen MR) is 50.0 cm³/mol. The fraction of sp³-hybridized carbons (Fsp3) is 0.500. The van der Waals surface area contributed by atoms with Crippen molar-refractivity contribution in [1.82, 2.24) is 9.97 Å². The van der Waals surface area contributed by atoms with Crippen LogP contribution in [-0.2, 0) is 0 Å². The van der Waals surface area contributed by atoms with E-state index in [-0.39, 0.29) is 0 Å². The second kappa shape index (κ2) is 3.38. The van der Waals surface area contributed by atoms with E-state index in [1.807, 2.05) is 11.9 Å². The Labute approximate surface area is 72.4 Å². The molecule has 0 aliphatic heterocycles. The maximum Gasteiger partial charge on any atom is 0.225 e. The molecule has 0 atom stereocenters. The number of nitrogens with zero attached hydrogens (tertiary/aromatic N) is 3. The summed E-state index contributed by atoms with van der Waals surface area (Å²) in [5.74, 6) is 0.708. The van der Waals surface area contributed by atoms with E-state index in [0.717, 1.165) is 0 Å². The molecule has 4 heteroatoms. The van der Waals surface area contributed by atoms with Gasteiger partial charge in [-0.2, -0.15) is 0 Å². The van der Waals surface area contributed by atoms with Crippen molar-refractivity contribution < 1.29 is 0 Å². The highest BCUT2D eigenvalue weighted by atomic mass is 15.2. The van der Waals surface area contributed by atoms with E-state index in [0.29, 0.717) is 17.7 Å². The SMILES string of the molecule is CC(C)N(C)c1ncc(N)cn1. The smallest absolute Gasteiger partial charge is 0.225 e. The van der Waals surface area contributed by atoms with Gasteiger partial charge >= 0.3 is 0 Å². The van der Waals surface area contributed by atoms with Crippen molar-refractivity contribution in [3.8, 4) is 0 Å². The van der Waals surface area contributed by atoms with Crippen LogP contribution < -0.4 is 10.6 Å². The number of anilines is 2. The van der Waals surface area contributed by atoms with E-state index < -0.39 is 0 Å². The minimum Gasteiger partial charge on any atom is -0.396 e. The summed E-state index contributed by atoms with van der Waals surface area (Å²) >= 11 is 0. The summed E-state index contributed by atoms with van der Waals surface area (Å²) in [5, 5.41) is 0. The fourth-order valence-corrected chi connectivity index (χ4v) is 0.744. The first kappa shape index (κ1) is 8.77.